The van der Waals surface area contributed by atoms with Crippen molar-refractivity contribution in [1.29, 1.82) is 0 Å². The fraction of sp³-hybridized carbons (Fsp3) is 0.400. The molecule has 2 N–H and O–H groups in total. The maximum atomic E-state index is 15.2. The van der Waals surface area contributed by atoms with Crippen LogP contribution in [0.4, 0.5) is 36.7 Å². The number of aryl methyl sites for hydroxylation is 1. The first-order valence-corrected chi connectivity index (χ1v) is 29.1. The van der Waals surface area contributed by atoms with Gasteiger partial charge in [0, 0.05) is 189 Å². The highest BCUT2D eigenvalue weighted by Gasteiger charge is 2.37. The molecule has 0 aliphatic carbocycles. The van der Waals surface area contributed by atoms with E-state index in [1.54, 1.807) is 72.4 Å². The summed E-state index contributed by atoms with van der Waals surface area (Å²) in [6.45, 7) is 8.42. The largest absolute Gasteiger partial charge is 0.481 e. The van der Waals surface area contributed by atoms with Crippen LogP contribution in [0.25, 0.3) is 38.8 Å². The average molecular weight is 1210 g/mol. The third-order valence-electron chi connectivity index (χ3n) is 16.6. The zero-order valence-electron chi connectivity index (χ0n) is 48.6. The van der Waals surface area contributed by atoms with Crippen molar-refractivity contribution < 1.29 is 42.1 Å². The second kappa shape index (κ2) is 25.5. The number of halogens is 3. The molecule has 3 fully saturated rings. The molecule has 25 nitrogen and oxygen atoms in total. The van der Waals surface area contributed by atoms with E-state index in [0.717, 1.165) is 53.6 Å². The van der Waals surface area contributed by atoms with Gasteiger partial charge in [-0.3, -0.25) is 33.4 Å². The molecule has 0 spiro atoms. The van der Waals surface area contributed by atoms with Gasteiger partial charge < -0.3 is 49.3 Å². The van der Waals surface area contributed by atoms with E-state index in [1.807, 2.05) is 39.0 Å². The number of amides is 3. The SMILES string of the molecule is COc1ccc(-c2ccc3ncc4c(c3c2)n(-c2ccc(N3CCN(c5ncc6c(n5)CCN(C(=O)c5cnc(N7CCN(CCOCCC(=O)N8CCN(c9ncc(CNC(=O)CO)cn9)CC8)CC7)nc5)C6)CC3)c(C(F)(F)F)c2)c(=O)n4C)cn1. The molecule has 6 aromatic heterocycles. The van der Waals surface area contributed by atoms with Crippen molar-refractivity contribution in [3.63, 3.8) is 0 Å². The highest BCUT2D eigenvalue weighted by Crippen LogP contribution is 2.40. The van der Waals surface area contributed by atoms with Crippen molar-refractivity contribution in [3.8, 4) is 22.7 Å². The van der Waals surface area contributed by atoms with Gasteiger partial charge in [-0.1, -0.05) is 6.07 Å². The number of rotatable bonds is 17. The van der Waals surface area contributed by atoms with Gasteiger partial charge in [-0.25, -0.2) is 39.7 Å². The van der Waals surface area contributed by atoms with Gasteiger partial charge in [-0.2, -0.15) is 13.2 Å². The van der Waals surface area contributed by atoms with Gasteiger partial charge in [0.1, 0.15) is 6.61 Å². The summed E-state index contributed by atoms with van der Waals surface area (Å²) in [4.78, 5) is 102. The van der Waals surface area contributed by atoms with Crippen LogP contribution in [-0.2, 0) is 47.1 Å². The Kier molecular flexibility index (Phi) is 17.1. The number of nitrogens with one attached hydrogen (secondary N) is 1. The van der Waals surface area contributed by atoms with Crippen molar-refractivity contribution in [2.45, 2.75) is 32.1 Å². The number of benzene rings is 2. The Morgan fingerprint density at radius 2 is 1.35 bits per heavy atom. The number of ether oxygens (including phenoxy) is 2. The van der Waals surface area contributed by atoms with Crippen molar-refractivity contribution >= 4 is 63.2 Å². The number of aliphatic hydroxyl groups is 1. The quantitative estimate of drug-likeness (QED) is 0.124. The van der Waals surface area contributed by atoms with Gasteiger partial charge in [0.05, 0.1) is 72.0 Å². The highest BCUT2D eigenvalue weighted by atomic mass is 19.4. The Morgan fingerprint density at radius 3 is 2.05 bits per heavy atom. The minimum Gasteiger partial charge on any atom is -0.481 e. The molecule has 458 valence electrons. The van der Waals surface area contributed by atoms with Gasteiger partial charge in [-0.15, -0.1) is 0 Å². The Bertz CT molecular complexity index is 3900. The molecule has 28 heteroatoms. The molecule has 0 radical (unpaired) electrons. The summed E-state index contributed by atoms with van der Waals surface area (Å²) >= 11 is 0. The van der Waals surface area contributed by atoms with Crippen LogP contribution in [-0.4, -0.2) is 205 Å². The Balaban J connectivity index is 0.593. The van der Waals surface area contributed by atoms with Crippen LogP contribution in [0.15, 0.2) is 96.7 Å². The molecule has 12 rings (SSSR count). The van der Waals surface area contributed by atoms with Crippen LogP contribution in [0.2, 0.25) is 0 Å². The van der Waals surface area contributed by atoms with E-state index in [9.17, 15) is 19.2 Å². The summed E-state index contributed by atoms with van der Waals surface area (Å²) in [5.74, 6) is 1.40. The second-order valence-electron chi connectivity index (χ2n) is 21.9. The van der Waals surface area contributed by atoms with E-state index in [2.05, 4.69) is 50.0 Å². The minimum atomic E-state index is -4.74. The highest BCUT2D eigenvalue weighted by molar-refractivity contribution is 6.04. The summed E-state index contributed by atoms with van der Waals surface area (Å²) in [6.07, 6.45) is 7.40. The van der Waals surface area contributed by atoms with Gasteiger partial charge >= 0.3 is 11.9 Å². The summed E-state index contributed by atoms with van der Waals surface area (Å²) in [5.41, 5.74) is 4.44. The zero-order chi connectivity index (χ0) is 61.1. The molecule has 0 unspecified atom stereocenters. The van der Waals surface area contributed by atoms with E-state index in [1.165, 1.54) is 22.3 Å². The maximum Gasteiger partial charge on any atom is 0.418 e. The number of hydrogen-bond donors (Lipinski definition) is 2. The molecule has 10 heterocycles. The molecule has 3 amide bonds. The molecule has 3 saturated heterocycles. The van der Waals surface area contributed by atoms with Crippen LogP contribution in [0, 0.1) is 0 Å². The number of piperazine rings is 3. The number of methoxy groups -OCH3 is 1. The van der Waals surface area contributed by atoms with Crippen molar-refractivity contribution in [2.24, 2.45) is 7.05 Å². The van der Waals surface area contributed by atoms with E-state index < -0.39 is 29.9 Å². The van der Waals surface area contributed by atoms with Gasteiger partial charge in [0.2, 0.25) is 35.5 Å². The molecule has 2 aromatic carbocycles. The number of nitrogens with zero attached hydrogens (tertiary/aromatic N) is 17. The molecule has 4 aliphatic heterocycles. The average Bonchev–Trinajstić information content (AvgIpc) is 1.69. The molecule has 0 atom stereocenters. The topological polar surface area (TPSA) is 255 Å². The van der Waals surface area contributed by atoms with E-state index in [-0.39, 0.29) is 42.8 Å². The number of aliphatic hydroxyl groups excluding tert-OH is 1. The first-order chi connectivity index (χ1) is 42.7. The predicted molar refractivity (Wildman–Crippen MR) is 319 cm³/mol. The van der Waals surface area contributed by atoms with Crippen LogP contribution in [0.5, 0.6) is 5.88 Å². The molecule has 4 aliphatic rings. The lowest BCUT2D eigenvalue weighted by Crippen LogP contribution is -2.49. The van der Waals surface area contributed by atoms with Crippen molar-refractivity contribution in [1.82, 2.24) is 69.0 Å². The fourth-order valence-electron chi connectivity index (χ4n) is 11.6. The number of imidazole rings is 1. The molecular weight excluding hydrogens is 1140 g/mol. The number of carbonyl (C=O) groups is 3. The number of alkyl halides is 3. The summed E-state index contributed by atoms with van der Waals surface area (Å²) in [7, 11) is 3.10. The van der Waals surface area contributed by atoms with E-state index in [0.29, 0.717) is 143 Å². The zero-order valence-corrected chi connectivity index (χ0v) is 48.6. The Labute approximate surface area is 503 Å². The van der Waals surface area contributed by atoms with Gasteiger partial charge in [-0.05, 0) is 42.0 Å². The first kappa shape index (κ1) is 58.9. The molecule has 8 aromatic rings. The number of aromatic nitrogens is 10. The molecule has 88 heavy (non-hydrogen) atoms. The lowest BCUT2D eigenvalue weighted by atomic mass is 10.0. The number of pyridine rings is 2. The maximum absolute atomic E-state index is 15.2. The number of anilines is 4. The lowest BCUT2D eigenvalue weighted by Gasteiger charge is -2.37. The molecular formula is C60H65F3N18O7. The van der Waals surface area contributed by atoms with Crippen LogP contribution >= 0.6 is 0 Å². The summed E-state index contributed by atoms with van der Waals surface area (Å²) in [6, 6.07) is 13.2. The van der Waals surface area contributed by atoms with Crippen LogP contribution in [0.1, 0.15) is 39.2 Å². The monoisotopic (exact) mass is 1210 g/mol. The Morgan fingerprint density at radius 1 is 0.682 bits per heavy atom. The summed E-state index contributed by atoms with van der Waals surface area (Å²) in [5, 5.41) is 12.0. The molecule has 0 saturated carbocycles. The second-order valence-corrected chi connectivity index (χ2v) is 21.9. The van der Waals surface area contributed by atoms with Gasteiger partial charge in [0.15, 0.2) is 0 Å². The number of hydrogen-bond acceptors (Lipinski definition) is 20. The number of fused-ring (bicyclic) bond motifs is 4. The van der Waals surface area contributed by atoms with Crippen LogP contribution in [0.3, 0.4) is 0 Å². The van der Waals surface area contributed by atoms with E-state index in [4.69, 9.17) is 19.6 Å². The minimum absolute atomic E-state index is 0.00933. The third-order valence-corrected chi connectivity index (χ3v) is 16.6. The normalized spacial score (nSPS) is 15.9. The van der Waals surface area contributed by atoms with Gasteiger partial charge in [0.25, 0.3) is 5.91 Å². The number of carbonyl (C=O) groups excluding carboxylic acids is 3. The molecule has 0 bridgehead atoms. The predicted octanol–water partition coefficient (Wildman–Crippen LogP) is 3.35. The lowest BCUT2D eigenvalue weighted by molar-refractivity contribution is -0.137. The standard InChI is InChI=1S/C60H65F3N18O7/c1-73-50-36-64-48-6-3-40(41-4-8-52(87-2)66-32-41)27-45(48)54(50)81(59(73)86)44-5-7-49(46(28-44)60(61,62)63)75-16-20-79(21-17-75)58-71-35-43-37-80(11-9-47(43)72-58)55(85)42-33-69-57(70-34-42)77-14-12-74(13-15-77)24-26-88-25-10-53(84)76-18-22-78(23-19-76)56-67-30-39(31-68-56)29-65-51(83)38-82/h3-8,27-28,30-36,82H,9-26,29,37-38H2,1-2H3,(H,65,83). The van der Waals surface area contributed by atoms with Crippen LogP contribution < -0.4 is 35.3 Å². The van der Waals surface area contributed by atoms with E-state index >= 15 is 13.2 Å². The third kappa shape index (κ3) is 12.6. The fourth-order valence-corrected chi connectivity index (χ4v) is 11.6. The summed E-state index contributed by atoms with van der Waals surface area (Å²) < 4.78 is 59.3. The smallest absolute Gasteiger partial charge is 0.418 e. The Hall–Kier alpha value is -9.41. The van der Waals surface area contributed by atoms with Crippen molar-refractivity contribution in [2.75, 3.05) is 138 Å². The van der Waals surface area contributed by atoms with Crippen molar-refractivity contribution in [3.05, 3.63) is 130 Å². The first-order valence-electron chi connectivity index (χ1n) is 29.1.